The van der Waals surface area contributed by atoms with E-state index < -0.39 is 0 Å². The molecule has 1 N–H and O–H groups in total. The predicted octanol–water partition coefficient (Wildman–Crippen LogP) is 1.80. The van der Waals surface area contributed by atoms with Crippen LogP contribution in [0, 0.1) is 5.92 Å². The van der Waals surface area contributed by atoms with E-state index in [-0.39, 0.29) is 0 Å². The second-order valence-corrected chi connectivity index (χ2v) is 4.02. The molecule has 2 nitrogen and oxygen atoms in total. The van der Waals surface area contributed by atoms with Crippen LogP contribution in [-0.2, 0) is 4.74 Å². The maximum absolute atomic E-state index is 5.73. The molecule has 2 heteroatoms. The van der Waals surface area contributed by atoms with Gasteiger partial charge in [0, 0.05) is 13.2 Å². The monoisotopic (exact) mass is 171 g/mol. The van der Waals surface area contributed by atoms with Crippen LogP contribution in [0.5, 0.6) is 0 Å². The molecule has 12 heavy (non-hydrogen) atoms. The zero-order valence-electron chi connectivity index (χ0n) is 8.31. The van der Waals surface area contributed by atoms with Crippen molar-refractivity contribution in [1.29, 1.82) is 0 Å². The minimum Gasteiger partial charge on any atom is -0.377 e. The summed E-state index contributed by atoms with van der Waals surface area (Å²) in [6, 6.07) is 0. The first-order valence-corrected chi connectivity index (χ1v) is 5.11. The van der Waals surface area contributed by atoms with E-state index in [0.717, 1.165) is 19.1 Å². The Morgan fingerprint density at radius 2 is 2.33 bits per heavy atom. The zero-order valence-corrected chi connectivity index (χ0v) is 8.31. The molecule has 1 heterocycles. The van der Waals surface area contributed by atoms with Crippen molar-refractivity contribution < 1.29 is 4.74 Å². The molecule has 0 saturated carbocycles. The Labute approximate surface area is 75.7 Å². The standard InChI is InChI=1S/C10H21NO/c1-9(2)5-7-12-10-4-3-6-11-8-10/h9-11H,3-8H2,1-2H3/t10-/m0/s1. The first kappa shape index (κ1) is 10.0. The lowest BCUT2D eigenvalue weighted by Crippen LogP contribution is -2.35. The van der Waals surface area contributed by atoms with Crippen molar-refractivity contribution in [2.75, 3.05) is 19.7 Å². The highest BCUT2D eigenvalue weighted by Gasteiger charge is 2.12. The highest BCUT2D eigenvalue weighted by atomic mass is 16.5. The van der Waals surface area contributed by atoms with Gasteiger partial charge in [-0.05, 0) is 31.7 Å². The molecule has 0 aromatic heterocycles. The van der Waals surface area contributed by atoms with Gasteiger partial charge >= 0.3 is 0 Å². The molecule has 0 bridgehead atoms. The number of nitrogens with one attached hydrogen (secondary N) is 1. The van der Waals surface area contributed by atoms with E-state index in [4.69, 9.17) is 4.74 Å². The normalized spacial score (nSPS) is 24.8. The van der Waals surface area contributed by atoms with E-state index in [2.05, 4.69) is 19.2 Å². The van der Waals surface area contributed by atoms with E-state index >= 15 is 0 Å². The van der Waals surface area contributed by atoms with Gasteiger partial charge in [0.05, 0.1) is 6.10 Å². The molecule has 1 fully saturated rings. The molecule has 1 saturated heterocycles. The third-order valence-electron chi connectivity index (χ3n) is 2.30. The highest BCUT2D eigenvalue weighted by Crippen LogP contribution is 2.08. The summed E-state index contributed by atoms with van der Waals surface area (Å²) in [6.07, 6.45) is 4.19. The van der Waals surface area contributed by atoms with E-state index in [0.29, 0.717) is 6.10 Å². The molecule has 0 aliphatic carbocycles. The average Bonchev–Trinajstić information content (AvgIpc) is 2.05. The molecule has 72 valence electrons. The number of hydrogen-bond donors (Lipinski definition) is 1. The summed E-state index contributed by atoms with van der Waals surface area (Å²) in [6.45, 7) is 7.64. The van der Waals surface area contributed by atoms with Gasteiger partial charge in [-0.1, -0.05) is 13.8 Å². The van der Waals surface area contributed by atoms with Crippen LogP contribution in [0.25, 0.3) is 0 Å². The summed E-state index contributed by atoms with van der Waals surface area (Å²) >= 11 is 0. The summed E-state index contributed by atoms with van der Waals surface area (Å²) in [5.41, 5.74) is 0. The predicted molar refractivity (Wildman–Crippen MR) is 51.3 cm³/mol. The molecule has 0 spiro atoms. The Morgan fingerprint density at radius 3 is 2.92 bits per heavy atom. The maximum atomic E-state index is 5.73. The van der Waals surface area contributed by atoms with Gasteiger partial charge in [0.1, 0.15) is 0 Å². The molecule has 1 aliphatic rings. The zero-order chi connectivity index (χ0) is 8.81. The molecule has 1 atom stereocenters. The summed E-state index contributed by atoms with van der Waals surface area (Å²) in [5.74, 6) is 0.765. The van der Waals surface area contributed by atoms with Crippen LogP contribution < -0.4 is 5.32 Å². The number of rotatable bonds is 4. The van der Waals surface area contributed by atoms with Gasteiger partial charge in [0.2, 0.25) is 0 Å². The van der Waals surface area contributed by atoms with E-state index in [1.807, 2.05) is 0 Å². The van der Waals surface area contributed by atoms with Gasteiger partial charge < -0.3 is 10.1 Å². The first-order valence-electron chi connectivity index (χ1n) is 5.11. The molecule has 1 aliphatic heterocycles. The SMILES string of the molecule is CC(C)CCO[C@H]1CCCNC1. The fraction of sp³-hybridized carbons (Fsp3) is 1.00. The van der Waals surface area contributed by atoms with Crippen molar-refractivity contribution in [3.63, 3.8) is 0 Å². The van der Waals surface area contributed by atoms with Crippen molar-refractivity contribution >= 4 is 0 Å². The molecule has 1 rings (SSSR count). The molecular weight excluding hydrogens is 150 g/mol. The van der Waals surface area contributed by atoms with E-state index in [1.54, 1.807) is 0 Å². The van der Waals surface area contributed by atoms with Crippen LogP contribution in [0.1, 0.15) is 33.1 Å². The summed E-state index contributed by atoms with van der Waals surface area (Å²) in [4.78, 5) is 0. The largest absolute Gasteiger partial charge is 0.377 e. The molecular formula is C10H21NO. The third-order valence-corrected chi connectivity index (χ3v) is 2.30. The minimum absolute atomic E-state index is 0.484. The Balaban J connectivity index is 1.98. The van der Waals surface area contributed by atoms with Gasteiger partial charge in [0.15, 0.2) is 0 Å². The Bertz CT molecular complexity index is 108. The fourth-order valence-electron chi connectivity index (χ4n) is 1.43. The number of piperidine rings is 1. The summed E-state index contributed by atoms with van der Waals surface area (Å²) < 4.78 is 5.73. The lowest BCUT2D eigenvalue weighted by Gasteiger charge is -2.23. The average molecular weight is 171 g/mol. The lowest BCUT2D eigenvalue weighted by molar-refractivity contribution is 0.0312. The quantitative estimate of drug-likeness (QED) is 0.696. The van der Waals surface area contributed by atoms with Crippen LogP contribution >= 0.6 is 0 Å². The van der Waals surface area contributed by atoms with Crippen molar-refractivity contribution in [2.45, 2.75) is 39.2 Å². The third kappa shape index (κ3) is 4.07. The van der Waals surface area contributed by atoms with Gasteiger partial charge in [-0.2, -0.15) is 0 Å². The number of ether oxygens (including phenoxy) is 1. The maximum Gasteiger partial charge on any atom is 0.0699 e. The fourth-order valence-corrected chi connectivity index (χ4v) is 1.43. The van der Waals surface area contributed by atoms with Crippen LogP contribution in [0.15, 0.2) is 0 Å². The van der Waals surface area contributed by atoms with E-state index in [1.165, 1.54) is 25.8 Å². The van der Waals surface area contributed by atoms with Gasteiger partial charge in [-0.3, -0.25) is 0 Å². The lowest BCUT2D eigenvalue weighted by atomic mass is 10.1. The first-order chi connectivity index (χ1) is 5.79. The van der Waals surface area contributed by atoms with E-state index in [9.17, 15) is 0 Å². The highest BCUT2D eigenvalue weighted by molar-refractivity contribution is 4.68. The van der Waals surface area contributed by atoms with Gasteiger partial charge in [-0.15, -0.1) is 0 Å². The molecule has 0 aromatic rings. The van der Waals surface area contributed by atoms with Crippen molar-refractivity contribution in [1.82, 2.24) is 5.32 Å². The molecule has 0 radical (unpaired) electrons. The molecule has 0 amide bonds. The minimum atomic E-state index is 0.484. The van der Waals surface area contributed by atoms with Crippen LogP contribution in [0.4, 0.5) is 0 Å². The van der Waals surface area contributed by atoms with Crippen molar-refractivity contribution in [3.05, 3.63) is 0 Å². The van der Waals surface area contributed by atoms with Crippen molar-refractivity contribution in [2.24, 2.45) is 5.92 Å². The van der Waals surface area contributed by atoms with Gasteiger partial charge in [-0.25, -0.2) is 0 Å². The topological polar surface area (TPSA) is 21.3 Å². The molecule has 0 unspecified atom stereocenters. The second kappa shape index (κ2) is 5.55. The van der Waals surface area contributed by atoms with Crippen LogP contribution in [-0.4, -0.2) is 25.8 Å². The Morgan fingerprint density at radius 1 is 1.50 bits per heavy atom. The van der Waals surface area contributed by atoms with Crippen molar-refractivity contribution in [3.8, 4) is 0 Å². The Hall–Kier alpha value is -0.0800. The second-order valence-electron chi connectivity index (χ2n) is 4.02. The van der Waals surface area contributed by atoms with Crippen LogP contribution in [0.2, 0.25) is 0 Å². The summed E-state index contributed by atoms with van der Waals surface area (Å²) in [5, 5.41) is 3.35. The molecule has 0 aromatic carbocycles. The number of hydrogen-bond acceptors (Lipinski definition) is 2. The smallest absolute Gasteiger partial charge is 0.0699 e. The Kier molecular flexibility index (Phi) is 4.62. The summed E-state index contributed by atoms with van der Waals surface area (Å²) in [7, 11) is 0. The van der Waals surface area contributed by atoms with Crippen LogP contribution in [0.3, 0.4) is 0 Å². The van der Waals surface area contributed by atoms with Gasteiger partial charge in [0.25, 0.3) is 0 Å².